The fraction of sp³-hybridized carbons (Fsp3) is 0.500. The fourth-order valence-corrected chi connectivity index (χ4v) is 4.12. The molecule has 0 saturated heterocycles. The van der Waals surface area contributed by atoms with E-state index in [1.807, 2.05) is 0 Å². The summed E-state index contributed by atoms with van der Waals surface area (Å²) in [4.78, 5) is 0. The summed E-state index contributed by atoms with van der Waals surface area (Å²) in [7, 11) is -1.73. The minimum absolute atomic E-state index is 0.194. The highest BCUT2D eigenvalue weighted by Gasteiger charge is 2.36. The standard InChI is InChI=1S/C20H29ClFN3O2SSi/c1-20(2,3)29(4,5)27-9-8-26-10-11-28-19-17(23)13-18(24-25-19)15-12-14(21)6-7-16(15)22/h6-7,12-13H,8-11H2,1-5H3,(H2,23,24). The third-order valence-corrected chi connectivity index (χ3v) is 10.7. The molecule has 1 aromatic carbocycles. The summed E-state index contributed by atoms with van der Waals surface area (Å²) in [6, 6.07) is 5.90. The number of nitrogen functional groups attached to an aromatic ring is 1. The molecule has 0 aliphatic rings. The summed E-state index contributed by atoms with van der Waals surface area (Å²) in [6.45, 7) is 12.8. The lowest BCUT2D eigenvalue weighted by Gasteiger charge is -2.36. The van der Waals surface area contributed by atoms with E-state index in [4.69, 9.17) is 26.5 Å². The lowest BCUT2D eigenvalue weighted by molar-refractivity contribution is 0.106. The molecule has 9 heteroatoms. The van der Waals surface area contributed by atoms with E-state index < -0.39 is 14.1 Å². The van der Waals surface area contributed by atoms with Crippen LogP contribution in [-0.4, -0.2) is 44.1 Å². The molecular weight excluding hydrogens is 429 g/mol. The molecule has 2 aromatic rings. The normalized spacial score (nSPS) is 12.4. The van der Waals surface area contributed by atoms with Gasteiger partial charge in [-0.2, -0.15) is 0 Å². The van der Waals surface area contributed by atoms with Crippen molar-refractivity contribution >= 4 is 37.4 Å². The van der Waals surface area contributed by atoms with Crippen LogP contribution in [0, 0.1) is 5.82 Å². The topological polar surface area (TPSA) is 70.3 Å². The number of aromatic nitrogens is 2. The highest BCUT2D eigenvalue weighted by molar-refractivity contribution is 7.99. The van der Waals surface area contributed by atoms with Crippen molar-refractivity contribution in [1.82, 2.24) is 10.2 Å². The van der Waals surface area contributed by atoms with Crippen LogP contribution in [-0.2, 0) is 9.16 Å². The van der Waals surface area contributed by atoms with Crippen molar-refractivity contribution in [2.45, 2.75) is 43.9 Å². The third-order valence-electron chi connectivity index (χ3n) is 4.96. The van der Waals surface area contributed by atoms with Gasteiger partial charge in [-0.15, -0.1) is 22.0 Å². The fourth-order valence-electron chi connectivity index (χ4n) is 2.20. The summed E-state index contributed by atoms with van der Waals surface area (Å²) in [5, 5.41) is 9.42. The molecule has 0 aliphatic carbocycles. The summed E-state index contributed by atoms with van der Waals surface area (Å²) >= 11 is 7.39. The van der Waals surface area contributed by atoms with Crippen molar-refractivity contribution in [1.29, 1.82) is 0 Å². The van der Waals surface area contributed by atoms with Crippen LogP contribution in [0.25, 0.3) is 11.3 Å². The van der Waals surface area contributed by atoms with Crippen molar-refractivity contribution in [2.24, 2.45) is 0 Å². The Bertz CT molecular complexity index is 834. The minimum atomic E-state index is -1.73. The first kappa shape index (κ1) is 24.1. The van der Waals surface area contributed by atoms with Gasteiger partial charge < -0.3 is 14.9 Å². The second-order valence-corrected chi connectivity index (χ2v) is 14.5. The maximum absolute atomic E-state index is 14.0. The molecule has 0 spiro atoms. The number of rotatable bonds is 9. The van der Waals surface area contributed by atoms with E-state index in [9.17, 15) is 4.39 Å². The molecular formula is C20H29ClFN3O2SSi. The zero-order chi connectivity index (χ0) is 21.7. The van der Waals surface area contributed by atoms with Crippen molar-refractivity contribution in [3.63, 3.8) is 0 Å². The first-order valence-corrected chi connectivity index (χ1v) is 13.7. The molecule has 0 amide bonds. The van der Waals surface area contributed by atoms with Crippen molar-refractivity contribution in [3.05, 3.63) is 35.1 Å². The Hall–Kier alpha value is -1.19. The molecule has 0 unspecified atom stereocenters. The van der Waals surface area contributed by atoms with Gasteiger partial charge in [-0.25, -0.2) is 4.39 Å². The molecule has 1 heterocycles. The number of halogens is 2. The van der Waals surface area contributed by atoms with Crippen LogP contribution >= 0.6 is 23.4 Å². The first-order chi connectivity index (χ1) is 13.5. The molecule has 0 bridgehead atoms. The lowest BCUT2D eigenvalue weighted by atomic mass is 10.1. The van der Waals surface area contributed by atoms with Crippen LogP contribution in [0.4, 0.5) is 10.1 Å². The molecule has 0 atom stereocenters. The Morgan fingerprint density at radius 2 is 1.86 bits per heavy atom. The van der Waals surface area contributed by atoms with Crippen LogP contribution in [0.2, 0.25) is 23.2 Å². The van der Waals surface area contributed by atoms with E-state index in [0.29, 0.717) is 47.0 Å². The number of hydrogen-bond donors (Lipinski definition) is 1. The summed E-state index contributed by atoms with van der Waals surface area (Å²) < 4.78 is 25.7. The van der Waals surface area contributed by atoms with Crippen LogP contribution in [0.3, 0.4) is 0 Å². The van der Waals surface area contributed by atoms with Gasteiger partial charge >= 0.3 is 0 Å². The van der Waals surface area contributed by atoms with E-state index in [0.717, 1.165) is 0 Å². The zero-order valence-corrected chi connectivity index (χ0v) is 20.2. The third kappa shape index (κ3) is 6.93. The van der Waals surface area contributed by atoms with Crippen molar-refractivity contribution < 1.29 is 13.6 Å². The van der Waals surface area contributed by atoms with E-state index in [1.165, 1.54) is 30.0 Å². The Morgan fingerprint density at radius 3 is 2.52 bits per heavy atom. The summed E-state index contributed by atoms with van der Waals surface area (Å²) in [5.74, 6) is 0.265. The van der Waals surface area contributed by atoms with Crippen molar-refractivity contribution in [3.8, 4) is 11.3 Å². The molecule has 0 radical (unpaired) electrons. The Balaban J connectivity index is 1.78. The number of hydrogen-bond acceptors (Lipinski definition) is 6. The lowest BCUT2D eigenvalue weighted by Crippen LogP contribution is -2.41. The number of ether oxygens (including phenoxy) is 1. The monoisotopic (exact) mass is 457 g/mol. The van der Waals surface area contributed by atoms with E-state index in [-0.39, 0.29) is 10.6 Å². The van der Waals surface area contributed by atoms with Gasteiger partial charge in [0.1, 0.15) is 10.8 Å². The summed E-state index contributed by atoms with van der Waals surface area (Å²) in [6.07, 6.45) is 0. The maximum atomic E-state index is 14.0. The number of anilines is 1. The second-order valence-electron chi connectivity index (χ2n) is 8.18. The smallest absolute Gasteiger partial charge is 0.192 e. The average Bonchev–Trinajstić information content (AvgIpc) is 2.63. The molecule has 29 heavy (non-hydrogen) atoms. The van der Waals surface area contributed by atoms with Gasteiger partial charge in [0, 0.05) is 16.3 Å². The van der Waals surface area contributed by atoms with E-state index in [1.54, 1.807) is 6.07 Å². The highest BCUT2D eigenvalue weighted by Crippen LogP contribution is 2.36. The van der Waals surface area contributed by atoms with Gasteiger partial charge in [0.25, 0.3) is 0 Å². The number of benzene rings is 1. The quantitative estimate of drug-likeness (QED) is 0.298. The molecule has 5 nitrogen and oxygen atoms in total. The highest BCUT2D eigenvalue weighted by atomic mass is 35.5. The molecule has 0 fully saturated rings. The molecule has 2 rings (SSSR count). The maximum Gasteiger partial charge on any atom is 0.192 e. The predicted octanol–water partition coefficient (Wildman–Crippen LogP) is 5.65. The van der Waals surface area contributed by atoms with Gasteiger partial charge in [0.05, 0.1) is 31.2 Å². The van der Waals surface area contributed by atoms with Gasteiger partial charge in [-0.1, -0.05) is 32.4 Å². The molecule has 0 aliphatic heterocycles. The van der Waals surface area contributed by atoms with Gasteiger partial charge in [0.15, 0.2) is 8.32 Å². The van der Waals surface area contributed by atoms with Crippen molar-refractivity contribution in [2.75, 3.05) is 31.3 Å². The Labute approximate surface area is 182 Å². The van der Waals surface area contributed by atoms with E-state index in [2.05, 4.69) is 44.1 Å². The van der Waals surface area contributed by atoms with Crippen LogP contribution in [0.1, 0.15) is 20.8 Å². The van der Waals surface area contributed by atoms with Crippen LogP contribution in [0.15, 0.2) is 29.3 Å². The number of thioether (sulfide) groups is 1. The number of nitrogens with zero attached hydrogens (tertiary/aromatic N) is 2. The van der Waals surface area contributed by atoms with Gasteiger partial charge in [-0.3, -0.25) is 0 Å². The first-order valence-electron chi connectivity index (χ1n) is 9.44. The molecule has 0 saturated carbocycles. The van der Waals surface area contributed by atoms with Crippen LogP contribution < -0.4 is 5.73 Å². The molecule has 2 N–H and O–H groups in total. The number of nitrogens with two attached hydrogens (primary N) is 1. The largest absolute Gasteiger partial charge is 0.414 e. The van der Waals surface area contributed by atoms with Gasteiger partial charge in [0.2, 0.25) is 0 Å². The molecule has 1 aromatic heterocycles. The molecule has 160 valence electrons. The predicted molar refractivity (Wildman–Crippen MR) is 122 cm³/mol. The second kappa shape index (κ2) is 10.2. The average molecular weight is 458 g/mol. The Morgan fingerprint density at radius 1 is 1.14 bits per heavy atom. The SMILES string of the molecule is CC(C)(C)[Si](C)(C)OCCOCCSc1nnc(-c2cc(Cl)ccc2F)cc1N. The minimum Gasteiger partial charge on any atom is -0.414 e. The van der Waals surface area contributed by atoms with Crippen LogP contribution in [0.5, 0.6) is 0 Å². The Kier molecular flexibility index (Phi) is 8.48. The van der Waals surface area contributed by atoms with Gasteiger partial charge in [-0.05, 0) is 42.4 Å². The van der Waals surface area contributed by atoms with E-state index >= 15 is 0 Å². The zero-order valence-electron chi connectivity index (χ0n) is 17.6. The summed E-state index contributed by atoms with van der Waals surface area (Å²) in [5.41, 5.74) is 7.14.